The molecule has 136 valence electrons. The third-order valence-electron chi connectivity index (χ3n) is 4.42. The Hall–Kier alpha value is -2.68. The van der Waals surface area contributed by atoms with Crippen molar-refractivity contribution in [3.05, 3.63) is 64.5 Å². The summed E-state index contributed by atoms with van der Waals surface area (Å²) < 4.78 is 72.5. The van der Waals surface area contributed by atoms with Gasteiger partial charge in [-0.2, -0.15) is 0 Å². The first-order chi connectivity index (χ1) is 12.5. The number of hydrazine groups is 1. The van der Waals surface area contributed by atoms with Crippen LogP contribution < -0.4 is 10.9 Å². The molecule has 0 saturated carbocycles. The third-order valence-corrected chi connectivity index (χ3v) is 4.42. The number of halogens is 5. The van der Waals surface area contributed by atoms with Gasteiger partial charge in [-0.3, -0.25) is 15.8 Å². The zero-order valence-corrected chi connectivity index (χ0v) is 13.1. The predicted molar refractivity (Wildman–Crippen MR) is 83.1 cm³/mol. The fourth-order valence-corrected chi connectivity index (χ4v) is 3.15. The van der Waals surface area contributed by atoms with Gasteiger partial charge in [0.15, 0.2) is 23.3 Å². The summed E-state index contributed by atoms with van der Waals surface area (Å²) in [5.74, 6) is -10.0. The monoisotopic (exact) mass is 369 g/mol. The maximum Gasteiger partial charge on any atom is 0.200 e. The highest BCUT2D eigenvalue weighted by atomic mass is 19.2. The summed E-state index contributed by atoms with van der Waals surface area (Å²) in [4.78, 5) is 4.43. The number of ether oxygens (including phenoxy) is 1. The first kappa shape index (κ1) is 16.8. The number of anilines is 1. The average Bonchev–Trinajstić information content (AvgIpc) is 3.03. The first-order valence-corrected chi connectivity index (χ1v) is 7.77. The minimum absolute atomic E-state index is 0.0115. The lowest BCUT2D eigenvalue weighted by Crippen LogP contribution is -2.39. The van der Waals surface area contributed by atoms with E-state index in [-0.39, 0.29) is 24.6 Å². The zero-order chi connectivity index (χ0) is 18.4. The molecule has 4 rings (SSSR count). The van der Waals surface area contributed by atoms with E-state index < -0.39 is 34.8 Å². The van der Waals surface area contributed by atoms with Gasteiger partial charge in [-0.05, 0) is 11.1 Å². The molecule has 0 unspecified atom stereocenters. The Morgan fingerprint density at radius 2 is 1.54 bits per heavy atom. The fourth-order valence-electron chi connectivity index (χ4n) is 3.15. The van der Waals surface area contributed by atoms with Gasteiger partial charge < -0.3 is 4.74 Å². The predicted octanol–water partition coefficient (Wildman–Crippen LogP) is 3.39. The van der Waals surface area contributed by atoms with Gasteiger partial charge >= 0.3 is 0 Å². The van der Waals surface area contributed by atoms with Crippen molar-refractivity contribution in [2.75, 3.05) is 12.0 Å². The first-order valence-electron chi connectivity index (χ1n) is 7.77. The van der Waals surface area contributed by atoms with Crippen LogP contribution in [0.4, 0.5) is 27.6 Å². The van der Waals surface area contributed by atoms with Crippen LogP contribution in [0.15, 0.2) is 29.3 Å². The summed E-state index contributed by atoms with van der Waals surface area (Å²) in [7, 11) is 0. The molecular weight excluding hydrogens is 357 g/mol. The Kier molecular flexibility index (Phi) is 4.03. The lowest BCUT2D eigenvalue weighted by atomic mass is 10.1. The van der Waals surface area contributed by atoms with Gasteiger partial charge in [0.25, 0.3) is 0 Å². The van der Waals surface area contributed by atoms with Crippen molar-refractivity contribution in [3.8, 4) is 0 Å². The molecule has 0 amide bonds. The van der Waals surface area contributed by atoms with Crippen LogP contribution in [0.2, 0.25) is 0 Å². The van der Waals surface area contributed by atoms with E-state index in [1.54, 1.807) is 0 Å². The summed E-state index contributed by atoms with van der Waals surface area (Å²) in [6.45, 7) is 0.0115. The molecule has 2 atom stereocenters. The number of benzene rings is 2. The zero-order valence-electron chi connectivity index (χ0n) is 13.1. The van der Waals surface area contributed by atoms with E-state index in [1.165, 1.54) is 0 Å². The van der Waals surface area contributed by atoms with Crippen LogP contribution in [0.1, 0.15) is 17.2 Å². The number of fused-ring (bicyclic) bond motifs is 3. The van der Waals surface area contributed by atoms with Crippen LogP contribution in [0.25, 0.3) is 0 Å². The summed E-state index contributed by atoms with van der Waals surface area (Å²) in [6, 6.07) is 7.36. The van der Waals surface area contributed by atoms with Crippen molar-refractivity contribution in [1.29, 1.82) is 0 Å². The fraction of sp³-hybridized carbons (Fsp3) is 0.235. The molecule has 2 N–H and O–H groups in total. The Balaban J connectivity index is 1.57. The molecule has 1 aliphatic carbocycles. The molecule has 0 bridgehead atoms. The molecule has 2 aliphatic rings. The number of hydrogen-bond acceptors (Lipinski definition) is 4. The van der Waals surface area contributed by atoms with Crippen molar-refractivity contribution >= 4 is 11.5 Å². The van der Waals surface area contributed by atoms with Crippen LogP contribution in [-0.4, -0.2) is 18.5 Å². The van der Waals surface area contributed by atoms with Crippen molar-refractivity contribution in [1.82, 2.24) is 5.43 Å². The van der Waals surface area contributed by atoms with Crippen molar-refractivity contribution in [3.63, 3.8) is 0 Å². The van der Waals surface area contributed by atoms with Crippen molar-refractivity contribution in [2.45, 2.75) is 18.6 Å². The van der Waals surface area contributed by atoms with Crippen molar-refractivity contribution < 1.29 is 26.7 Å². The van der Waals surface area contributed by atoms with E-state index in [0.29, 0.717) is 6.42 Å². The van der Waals surface area contributed by atoms with E-state index in [4.69, 9.17) is 4.74 Å². The molecule has 0 aromatic heterocycles. The van der Waals surface area contributed by atoms with Gasteiger partial charge in [-0.15, -0.1) is 0 Å². The minimum Gasteiger partial charge on any atom is -0.367 e. The molecular formula is C17H12F5N3O. The lowest BCUT2D eigenvalue weighted by Gasteiger charge is -2.25. The topological polar surface area (TPSA) is 45.7 Å². The molecule has 1 aliphatic heterocycles. The van der Waals surface area contributed by atoms with E-state index in [2.05, 4.69) is 10.4 Å². The molecule has 0 radical (unpaired) electrons. The van der Waals surface area contributed by atoms with Gasteiger partial charge in [0, 0.05) is 6.42 Å². The Bertz CT molecular complexity index is 889. The Morgan fingerprint density at radius 1 is 0.885 bits per heavy atom. The van der Waals surface area contributed by atoms with E-state index in [0.717, 1.165) is 11.1 Å². The van der Waals surface area contributed by atoms with E-state index >= 15 is 0 Å². The van der Waals surface area contributed by atoms with Crippen LogP contribution >= 0.6 is 0 Å². The van der Waals surface area contributed by atoms with E-state index in [1.807, 2.05) is 29.7 Å². The second kappa shape index (κ2) is 6.24. The molecule has 26 heavy (non-hydrogen) atoms. The molecule has 2 aromatic carbocycles. The number of aliphatic imine (C=N–C) groups is 1. The second-order valence-corrected chi connectivity index (χ2v) is 5.97. The molecule has 2 aromatic rings. The summed E-state index contributed by atoms with van der Waals surface area (Å²) in [5, 5.41) is 0. The molecule has 4 nitrogen and oxygen atoms in total. The van der Waals surface area contributed by atoms with Crippen molar-refractivity contribution in [2.24, 2.45) is 4.99 Å². The van der Waals surface area contributed by atoms with Gasteiger partial charge in [0.2, 0.25) is 5.82 Å². The highest BCUT2D eigenvalue weighted by molar-refractivity contribution is 5.85. The van der Waals surface area contributed by atoms with Gasteiger partial charge in [0.05, 0.1) is 6.10 Å². The third kappa shape index (κ3) is 2.59. The quantitative estimate of drug-likeness (QED) is 0.369. The van der Waals surface area contributed by atoms with Gasteiger partial charge in [-0.25, -0.2) is 22.0 Å². The van der Waals surface area contributed by atoms with Crippen LogP contribution in [-0.2, 0) is 11.2 Å². The number of rotatable bonds is 2. The Morgan fingerprint density at radius 3 is 2.27 bits per heavy atom. The molecule has 0 spiro atoms. The minimum atomic E-state index is -2.21. The van der Waals surface area contributed by atoms with Crippen LogP contribution in [0.3, 0.4) is 0 Å². The van der Waals surface area contributed by atoms with E-state index in [9.17, 15) is 22.0 Å². The van der Waals surface area contributed by atoms with Gasteiger partial charge in [-0.1, -0.05) is 24.3 Å². The second-order valence-electron chi connectivity index (χ2n) is 5.97. The number of nitrogens with zero attached hydrogens (tertiary/aromatic N) is 1. The molecule has 0 fully saturated rings. The maximum atomic E-state index is 13.7. The summed E-state index contributed by atoms with van der Waals surface area (Å²) in [5.41, 5.74) is 5.28. The summed E-state index contributed by atoms with van der Waals surface area (Å²) >= 11 is 0. The molecule has 0 saturated heterocycles. The smallest absolute Gasteiger partial charge is 0.200 e. The standard InChI is InChI=1S/C17H12F5N3O/c18-11-12(19)14(21)17(15(22)13(11)20)25-24-10-6-26-9-5-7-3-1-2-4-8(7)16(9)23-10/h1-4,9,16,25H,5-6H2,(H,23,24)/t9-,16+/m0/s1. The summed E-state index contributed by atoms with van der Waals surface area (Å²) in [6.07, 6.45) is 0.551. The van der Waals surface area contributed by atoms with Crippen LogP contribution in [0, 0.1) is 29.1 Å². The average molecular weight is 369 g/mol. The number of nitrogens with one attached hydrogen (secondary N) is 2. The van der Waals surface area contributed by atoms with Gasteiger partial charge in [0.1, 0.15) is 24.2 Å². The normalized spacial score (nSPS) is 21.0. The SMILES string of the molecule is Fc1c(F)c(F)c(NNC2=N[C@@H]3c4ccccc4C[C@@H]3OC2)c(F)c1F. The van der Waals surface area contributed by atoms with Crippen LogP contribution in [0.5, 0.6) is 0 Å². The number of amidine groups is 1. The molecule has 1 heterocycles. The maximum absolute atomic E-state index is 13.7. The Labute approximate surface area is 144 Å². The molecule has 9 heteroatoms. The lowest BCUT2D eigenvalue weighted by molar-refractivity contribution is 0.0590. The largest absolute Gasteiger partial charge is 0.367 e. The highest BCUT2D eigenvalue weighted by Crippen LogP contribution is 2.37. The highest BCUT2D eigenvalue weighted by Gasteiger charge is 2.36. The number of hydrogen-bond donors (Lipinski definition) is 2.